The Bertz CT molecular complexity index is 1270. The third-order valence-corrected chi connectivity index (χ3v) is 6.37. The monoisotopic (exact) mass is 434 g/mol. The van der Waals surface area contributed by atoms with Crippen molar-refractivity contribution in [3.63, 3.8) is 0 Å². The molecule has 0 spiro atoms. The maximum atomic E-state index is 13.7. The Morgan fingerprint density at radius 1 is 1.16 bits per heavy atom. The number of carbonyl (C=O) groups excluding carboxylic acids is 1. The van der Waals surface area contributed by atoms with Crippen LogP contribution in [0.15, 0.2) is 42.6 Å². The van der Waals surface area contributed by atoms with E-state index in [1.165, 1.54) is 6.92 Å². The van der Waals surface area contributed by atoms with Gasteiger partial charge in [0.25, 0.3) is 5.91 Å². The number of hydrogen-bond acceptors (Lipinski definition) is 4. The standard InChI is InChI=1S/C24H27FN6O/c1-14(25)20-13-31-21(7-4-8-22(31)28-20)26-16-9-11-17(12-10-16)27-24(32)19-6-3-5-18-15(2)29-30-23(18)19/h3-8,13-14,16-17,26H,9-12H2,1-2H3,(H,27,32)(H,29,30). The average Bonchev–Trinajstić information content (AvgIpc) is 3.40. The number of nitrogens with one attached hydrogen (secondary N) is 3. The smallest absolute Gasteiger partial charge is 0.253 e. The number of hydrogen-bond donors (Lipinski definition) is 3. The fourth-order valence-corrected chi connectivity index (χ4v) is 4.56. The first-order valence-electron chi connectivity index (χ1n) is 11.1. The van der Waals surface area contributed by atoms with Gasteiger partial charge in [-0.2, -0.15) is 5.10 Å². The van der Waals surface area contributed by atoms with Crippen LogP contribution in [-0.4, -0.2) is 37.6 Å². The molecule has 3 N–H and O–H groups in total. The number of rotatable bonds is 5. The summed E-state index contributed by atoms with van der Waals surface area (Å²) in [5.74, 6) is 0.849. The van der Waals surface area contributed by atoms with Gasteiger partial charge in [-0.3, -0.25) is 14.3 Å². The molecular formula is C24H27FN6O. The van der Waals surface area contributed by atoms with Crippen molar-refractivity contribution in [2.75, 3.05) is 5.32 Å². The molecule has 166 valence electrons. The van der Waals surface area contributed by atoms with E-state index in [-0.39, 0.29) is 11.9 Å². The van der Waals surface area contributed by atoms with Crippen molar-refractivity contribution >= 4 is 28.3 Å². The lowest BCUT2D eigenvalue weighted by atomic mass is 9.91. The number of para-hydroxylation sites is 1. The molecule has 0 radical (unpaired) electrons. The SMILES string of the molecule is Cc1n[nH]c2c(C(=O)NC3CCC(Nc4cccc5nc(C(C)F)cn45)CC3)cccc12. The molecule has 0 bridgehead atoms. The minimum absolute atomic E-state index is 0.0632. The van der Waals surface area contributed by atoms with Gasteiger partial charge in [-0.15, -0.1) is 0 Å². The topological polar surface area (TPSA) is 87.1 Å². The highest BCUT2D eigenvalue weighted by molar-refractivity contribution is 6.06. The lowest BCUT2D eigenvalue weighted by Crippen LogP contribution is -2.40. The average molecular weight is 435 g/mol. The number of amides is 1. The summed E-state index contributed by atoms with van der Waals surface area (Å²) in [6.07, 6.45) is 4.33. The zero-order valence-corrected chi connectivity index (χ0v) is 18.2. The number of nitrogens with zero attached hydrogens (tertiary/aromatic N) is 3. The number of aromatic nitrogens is 4. The van der Waals surface area contributed by atoms with Crippen molar-refractivity contribution in [3.05, 3.63) is 59.5 Å². The van der Waals surface area contributed by atoms with Gasteiger partial charge in [-0.25, -0.2) is 9.37 Å². The number of halogens is 1. The molecule has 8 heteroatoms. The quantitative estimate of drug-likeness (QED) is 0.425. The predicted molar refractivity (Wildman–Crippen MR) is 123 cm³/mol. The molecule has 32 heavy (non-hydrogen) atoms. The van der Waals surface area contributed by atoms with E-state index in [1.54, 1.807) is 6.20 Å². The highest BCUT2D eigenvalue weighted by Crippen LogP contribution is 2.25. The summed E-state index contributed by atoms with van der Waals surface area (Å²) in [7, 11) is 0. The number of anilines is 1. The fourth-order valence-electron chi connectivity index (χ4n) is 4.56. The third kappa shape index (κ3) is 3.81. The molecule has 1 unspecified atom stereocenters. The summed E-state index contributed by atoms with van der Waals surface area (Å²) in [6.45, 7) is 3.43. The number of fused-ring (bicyclic) bond motifs is 2. The first-order chi connectivity index (χ1) is 15.5. The Kier molecular flexibility index (Phi) is 5.28. The van der Waals surface area contributed by atoms with Crippen molar-refractivity contribution in [1.82, 2.24) is 24.9 Å². The molecule has 1 amide bonds. The lowest BCUT2D eigenvalue weighted by Gasteiger charge is -2.30. The second-order valence-electron chi connectivity index (χ2n) is 8.62. The van der Waals surface area contributed by atoms with Gasteiger partial charge in [0.05, 0.1) is 22.5 Å². The molecule has 1 aliphatic rings. The van der Waals surface area contributed by atoms with E-state index in [4.69, 9.17) is 0 Å². The molecule has 1 atom stereocenters. The minimum atomic E-state index is -1.10. The molecule has 3 aromatic heterocycles. The maximum Gasteiger partial charge on any atom is 0.253 e. The number of aryl methyl sites for hydroxylation is 1. The zero-order valence-electron chi connectivity index (χ0n) is 18.2. The number of carbonyl (C=O) groups is 1. The molecule has 7 nitrogen and oxygen atoms in total. The van der Waals surface area contributed by atoms with E-state index >= 15 is 0 Å². The molecule has 3 heterocycles. The van der Waals surface area contributed by atoms with Crippen LogP contribution in [0.4, 0.5) is 10.2 Å². The number of aromatic amines is 1. The summed E-state index contributed by atoms with van der Waals surface area (Å²) >= 11 is 0. The van der Waals surface area contributed by atoms with E-state index in [0.717, 1.165) is 53.7 Å². The molecule has 1 saturated carbocycles. The van der Waals surface area contributed by atoms with Gasteiger partial charge in [0.1, 0.15) is 17.6 Å². The summed E-state index contributed by atoms with van der Waals surface area (Å²) in [6, 6.07) is 11.9. The molecule has 4 aromatic rings. The number of H-pyrrole nitrogens is 1. The van der Waals surface area contributed by atoms with Crippen LogP contribution in [0, 0.1) is 6.92 Å². The van der Waals surface area contributed by atoms with E-state index in [0.29, 0.717) is 17.3 Å². The van der Waals surface area contributed by atoms with Gasteiger partial charge >= 0.3 is 0 Å². The Balaban J connectivity index is 1.22. The second kappa shape index (κ2) is 8.26. The van der Waals surface area contributed by atoms with Gasteiger partial charge in [0, 0.05) is 23.7 Å². The highest BCUT2D eigenvalue weighted by Gasteiger charge is 2.24. The maximum absolute atomic E-state index is 13.7. The van der Waals surface area contributed by atoms with Crippen LogP contribution >= 0.6 is 0 Å². The van der Waals surface area contributed by atoms with Gasteiger partial charge in [-0.05, 0) is 57.7 Å². The van der Waals surface area contributed by atoms with Gasteiger partial charge in [-0.1, -0.05) is 18.2 Å². The van der Waals surface area contributed by atoms with Crippen molar-refractivity contribution < 1.29 is 9.18 Å². The summed E-state index contributed by atoms with van der Waals surface area (Å²) in [5, 5.41) is 15.0. The van der Waals surface area contributed by atoms with Crippen molar-refractivity contribution in [2.24, 2.45) is 0 Å². The molecule has 1 aromatic carbocycles. The number of alkyl halides is 1. The summed E-state index contributed by atoms with van der Waals surface area (Å²) < 4.78 is 15.6. The van der Waals surface area contributed by atoms with Crippen LogP contribution in [0.25, 0.3) is 16.6 Å². The molecule has 1 fully saturated rings. The molecule has 1 aliphatic carbocycles. The van der Waals surface area contributed by atoms with Crippen molar-refractivity contribution in [3.8, 4) is 0 Å². The van der Waals surface area contributed by atoms with E-state index in [2.05, 4.69) is 25.8 Å². The van der Waals surface area contributed by atoms with Crippen LogP contribution in [0.2, 0.25) is 0 Å². The van der Waals surface area contributed by atoms with Crippen LogP contribution in [0.1, 0.15) is 60.5 Å². The molecule has 0 aliphatic heterocycles. The van der Waals surface area contributed by atoms with Crippen molar-refractivity contribution in [1.29, 1.82) is 0 Å². The van der Waals surface area contributed by atoms with Gasteiger partial charge in [0.15, 0.2) is 0 Å². The zero-order chi connectivity index (χ0) is 22.2. The lowest BCUT2D eigenvalue weighted by molar-refractivity contribution is 0.0928. The number of imidazole rings is 1. The second-order valence-corrected chi connectivity index (χ2v) is 8.62. The number of pyridine rings is 1. The fraction of sp³-hybridized carbons (Fsp3) is 0.375. The molecular weight excluding hydrogens is 407 g/mol. The van der Waals surface area contributed by atoms with Crippen LogP contribution in [0.5, 0.6) is 0 Å². The Hall–Kier alpha value is -3.42. The van der Waals surface area contributed by atoms with Gasteiger partial charge in [0.2, 0.25) is 0 Å². The van der Waals surface area contributed by atoms with E-state index in [9.17, 15) is 9.18 Å². The molecule has 0 saturated heterocycles. The Morgan fingerprint density at radius 2 is 1.91 bits per heavy atom. The summed E-state index contributed by atoms with van der Waals surface area (Å²) in [4.78, 5) is 17.3. The Labute approximate surface area is 185 Å². The van der Waals surface area contributed by atoms with Gasteiger partial charge < -0.3 is 10.6 Å². The van der Waals surface area contributed by atoms with Crippen LogP contribution in [-0.2, 0) is 0 Å². The minimum Gasteiger partial charge on any atom is -0.368 e. The first-order valence-corrected chi connectivity index (χ1v) is 11.1. The summed E-state index contributed by atoms with van der Waals surface area (Å²) in [5.41, 5.74) is 3.48. The third-order valence-electron chi connectivity index (χ3n) is 6.37. The highest BCUT2D eigenvalue weighted by atomic mass is 19.1. The number of benzene rings is 1. The van der Waals surface area contributed by atoms with Crippen LogP contribution in [0.3, 0.4) is 0 Å². The van der Waals surface area contributed by atoms with E-state index < -0.39 is 6.17 Å². The first kappa shape index (κ1) is 20.5. The van der Waals surface area contributed by atoms with E-state index in [1.807, 2.05) is 47.7 Å². The normalized spacial score (nSPS) is 19.8. The van der Waals surface area contributed by atoms with Crippen LogP contribution < -0.4 is 10.6 Å². The predicted octanol–water partition coefficient (Wildman–Crippen LogP) is 4.70. The molecule has 5 rings (SSSR count). The Morgan fingerprint density at radius 3 is 2.69 bits per heavy atom. The van der Waals surface area contributed by atoms with Crippen molar-refractivity contribution in [2.45, 2.75) is 57.8 Å². The largest absolute Gasteiger partial charge is 0.368 e.